The lowest BCUT2D eigenvalue weighted by atomic mass is 10.1. The second kappa shape index (κ2) is 7.53. The number of rotatable bonds is 3. The number of anilines is 1. The smallest absolute Gasteiger partial charge is 0.255 e. The molecule has 2 aromatic rings. The van der Waals surface area contributed by atoms with Gasteiger partial charge in [-0.15, -0.1) is 11.8 Å². The van der Waals surface area contributed by atoms with Crippen molar-refractivity contribution in [3.8, 4) is 11.8 Å². The number of nitrogens with two attached hydrogens (primary N) is 1. The highest BCUT2D eigenvalue weighted by atomic mass is 32.2. The Balaban J connectivity index is 2.11. The molecule has 0 fully saturated rings. The third-order valence-corrected chi connectivity index (χ3v) is 3.55. The Morgan fingerprint density at radius 1 is 1.24 bits per heavy atom. The van der Waals surface area contributed by atoms with Crippen LogP contribution in [0, 0.1) is 11.8 Å². The van der Waals surface area contributed by atoms with Crippen molar-refractivity contribution >= 4 is 23.4 Å². The molecule has 0 aromatic heterocycles. The highest BCUT2D eigenvalue weighted by Gasteiger charge is 2.06. The van der Waals surface area contributed by atoms with E-state index in [4.69, 9.17) is 5.73 Å². The van der Waals surface area contributed by atoms with Crippen molar-refractivity contribution in [2.45, 2.75) is 4.90 Å². The van der Waals surface area contributed by atoms with Gasteiger partial charge in [-0.3, -0.25) is 4.79 Å². The van der Waals surface area contributed by atoms with Crippen LogP contribution in [0.2, 0.25) is 0 Å². The van der Waals surface area contributed by atoms with Crippen LogP contribution < -0.4 is 11.1 Å². The Labute approximate surface area is 128 Å². The summed E-state index contributed by atoms with van der Waals surface area (Å²) in [5.41, 5.74) is 7.53. The van der Waals surface area contributed by atoms with Gasteiger partial charge in [-0.2, -0.15) is 0 Å². The van der Waals surface area contributed by atoms with Crippen LogP contribution in [0.1, 0.15) is 15.9 Å². The van der Waals surface area contributed by atoms with Crippen LogP contribution in [0.25, 0.3) is 0 Å². The molecular weight excluding hydrogens is 280 g/mol. The van der Waals surface area contributed by atoms with Gasteiger partial charge >= 0.3 is 0 Å². The summed E-state index contributed by atoms with van der Waals surface area (Å²) in [5.74, 6) is 5.60. The number of thioether (sulfide) groups is 1. The Kier molecular flexibility index (Phi) is 5.44. The second-order valence-electron chi connectivity index (χ2n) is 4.27. The van der Waals surface area contributed by atoms with Crippen molar-refractivity contribution in [2.24, 2.45) is 5.73 Å². The zero-order valence-electron chi connectivity index (χ0n) is 11.7. The van der Waals surface area contributed by atoms with E-state index < -0.39 is 0 Å². The molecule has 0 saturated heterocycles. The second-order valence-corrected chi connectivity index (χ2v) is 5.15. The standard InChI is InChI=1S/C17H16N2OS/c1-21-16-9-7-14(8-10-16)17(20)19-15-6-2-4-13(12-15)5-3-11-18/h2,4,6-10,12H,11,18H2,1H3,(H,19,20). The number of benzene rings is 2. The minimum absolute atomic E-state index is 0.133. The number of hydrogen-bond acceptors (Lipinski definition) is 3. The average molecular weight is 296 g/mol. The fraction of sp³-hybridized carbons (Fsp3) is 0.118. The van der Waals surface area contributed by atoms with Gasteiger partial charge in [-0.05, 0) is 48.7 Å². The maximum Gasteiger partial charge on any atom is 0.255 e. The monoisotopic (exact) mass is 296 g/mol. The van der Waals surface area contributed by atoms with Crippen LogP contribution in [0.15, 0.2) is 53.4 Å². The maximum atomic E-state index is 12.2. The van der Waals surface area contributed by atoms with Crippen molar-refractivity contribution in [1.29, 1.82) is 0 Å². The predicted octanol–water partition coefficient (Wildman–Crippen LogP) is 2.97. The molecule has 1 amide bonds. The van der Waals surface area contributed by atoms with Crippen molar-refractivity contribution < 1.29 is 4.79 Å². The van der Waals surface area contributed by atoms with Crippen molar-refractivity contribution in [1.82, 2.24) is 0 Å². The fourth-order valence-electron chi connectivity index (χ4n) is 1.77. The minimum atomic E-state index is -0.133. The molecule has 0 atom stereocenters. The molecule has 3 nitrogen and oxygen atoms in total. The van der Waals surface area contributed by atoms with Crippen LogP contribution in [0.4, 0.5) is 5.69 Å². The first-order valence-corrected chi connectivity index (χ1v) is 7.70. The number of nitrogens with one attached hydrogen (secondary N) is 1. The van der Waals surface area contributed by atoms with Crippen LogP contribution >= 0.6 is 11.8 Å². The quantitative estimate of drug-likeness (QED) is 0.676. The zero-order valence-corrected chi connectivity index (χ0v) is 12.5. The van der Waals surface area contributed by atoms with E-state index in [-0.39, 0.29) is 5.91 Å². The molecule has 0 heterocycles. The van der Waals surface area contributed by atoms with Gasteiger partial charge in [0, 0.05) is 21.7 Å². The first-order chi connectivity index (χ1) is 10.2. The van der Waals surface area contributed by atoms with Gasteiger partial charge in [-0.1, -0.05) is 17.9 Å². The van der Waals surface area contributed by atoms with Crippen molar-refractivity contribution in [3.05, 3.63) is 59.7 Å². The van der Waals surface area contributed by atoms with Crippen LogP contribution in [-0.4, -0.2) is 18.7 Å². The Morgan fingerprint density at radius 3 is 2.67 bits per heavy atom. The Morgan fingerprint density at radius 2 is 2.00 bits per heavy atom. The van der Waals surface area contributed by atoms with Crippen LogP contribution in [0.5, 0.6) is 0 Å². The summed E-state index contributed by atoms with van der Waals surface area (Å²) < 4.78 is 0. The van der Waals surface area contributed by atoms with E-state index in [1.807, 2.05) is 54.8 Å². The molecule has 0 bridgehead atoms. The first-order valence-electron chi connectivity index (χ1n) is 6.47. The van der Waals surface area contributed by atoms with Gasteiger partial charge < -0.3 is 11.1 Å². The highest BCUT2D eigenvalue weighted by Crippen LogP contribution is 2.16. The maximum absolute atomic E-state index is 12.2. The molecule has 106 valence electrons. The lowest BCUT2D eigenvalue weighted by Gasteiger charge is -2.06. The molecule has 21 heavy (non-hydrogen) atoms. The molecule has 0 unspecified atom stereocenters. The SMILES string of the molecule is CSc1ccc(C(=O)Nc2cccc(C#CCN)c2)cc1. The van der Waals surface area contributed by atoms with Gasteiger partial charge in [0.15, 0.2) is 0 Å². The van der Waals surface area contributed by atoms with Crippen LogP contribution in [0.3, 0.4) is 0 Å². The Hall–Kier alpha value is -2.22. The van der Waals surface area contributed by atoms with Gasteiger partial charge in [0.25, 0.3) is 5.91 Å². The van der Waals surface area contributed by atoms with Crippen molar-refractivity contribution in [2.75, 3.05) is 18.1 Å². The molecule has 0 aliphatic rings. The summed E-state index contributed by atoms with van der Waals surface area (Å²) in [5, 5.41) is 2.87. The van der Waals surface area contributed by atoms with E-state index in [1.54, 1.807) is 11.8 Å². The molecule has 2 aromatic carbocycles. The molecule has 3 N–H and O–H groups in total. The number of carbonyl (C=O) groups is 1. The summed E-state index contributed by atoms with van der Waals surface area (Å²) in [7, 11) is 0. The summed E-state index contributed by atoms with van der Waals surface area (Å²) in [6.07, 6.45) is 2.00. The van der Waals surface area contributed by atoms with Crippen LogP contribution in [-0.2, 0) is 0 Å². The van der Waals surface area contributed by atoms with E-state index in [0.29, 0.717) is 12.1 Å². The van der Waals surface area contributed by atoms with E-state index in [1.165, 1.54) is 0 Å². The van der Waals surface area contributed by atoms with Gasteiger partial charge in [0.05, 0.1) is 6.54 Å². The summed E-state index contributed by atoms with van der Waals surface area (Å²) in [4.78, 5) is 13.3. The molecule has 2 rings (SSSR count). The highest BCUT2D eigenvalue weighted by molar-refractivity contribution is 7.98. The largest absolute Gasteiger partial charge is 0.322 e. The fourth-order valence-corrected chi connectivity index (χ4v) is 2.18. The third-order valence-electron chi connectivity index (χ3n) is 2.81. The predicted molar refractivity (Wildman–Crippen MR) is 88.6 cm³/mol. The van der Waals surface area contributed by atoms with E-state index >= 15 is 0 Å². The average Bonchev–Trinajstić information content (AvgIpc) is 2.53. The summed E-state index contributed by atoms with van der Waals surface area (Å²) in [6, 6.07) is 14.9. The lowest BCUT2D eigenvalue weighted by Crippen LogP contribution is -2.11. The van der Waals surface area contributed by atoms with E-state index in [2.05, 4.69) is 17.2 Å². The van der Waals surface area contributed by atoms with Crippen molar-refractivity contribution in [3.63, 3.8) is 0 Å². The minimum Gasteiger partial charge on any atom is -0.322 e. The Bertz CT molecular complexity index is 684. The molecule has 0 radical (unpaired) electrons. The zero-order chi connectivity index (χ0) is 15.1. The summed E-state index contributed by atoms with van der Waals surface area (Å²) >= 11 is 1.65. The van der Waals surface area contributed by atoms with E-state index in [9.17, 15) is 4.79 Å². The lowest BCUT2D eigenvalue weighted by molar-refractivity contribution is 0.102. The number of carbonyl (C=O) groups excluding carboxylic acids is 1. The third kappa shape index (κ3) is 4.38. The van der Waals surface area contributed by atoms with E-state index in [0.717, 1.165) is 16.1 Å². The molecule has 4 heteroatoms. The summed E-state index contributed by atoms with van der Waals surface area (Å²) in [6.45, 7) is 0.318. The molecule has 0 saturated carbocycles. The van der Waals surface area contributed by atoms with Gasteiger partial charge in [-0.25, -0.2) is 0 Å². The topological polar surface area (TPSA) is 55.1 Å². The van der Waals surface area contributed by atoms with Gasteiger partial charge in [0.1, 0.15) is 0 Å². The molecule has 0 aliphatic heterocycles. The molecule has 0 aliphatic carbocycles. The normalized spacial score (nSPS) is 9.62. The van der Waals surface area contributed by atoms with Gasteiger partial charge in [0.2, 0.25) is 0 Å². The molecule has 0 spiro atoms. The number of amides is 1. The first kappa shape index (κ1) is 15.2. The molecular formula is C17H16N2OS. The number of hydrogen-bond donors (Lipinski definition) is 2.